The minimum absolute atomic E-state index is 0.655. The number of fused-ring (bicyclic) bond motifs is 1. The number of nitrogens with zero attached hydrogens (tertiary/aromatic N) is 1. The number of benzene rings is 3. The van der Waals surface area contributed by atoms with E-state index in [1.54, 1.807) is 14.2 Å². The van der Waals surface area contributed by atoms with Crippen molar-refractivity contribution in [3.63, 3.8) is 0 Å². The average Bonchev–Trinajstić information content (AvgIpc) is 2.79. The Bertz CT molecular complexity index is 1290. The zero-order valence-electron chi connectivity index (χ0n) is 18.2. The number of methoxy groups -OCH3 is 2. The molecule has 0 amide bonds. The number of hydrogen-bond acceptors (Lipinski definition) is 8. The molecule has 0 saturated carbocycles. The summed E-state index contributed by atoms with van der Waals surface area (Å²) in [5, 5.41) is 1.78. The van der Waals surface area contributed by atoms with Gasteiger partial charge in [0.1, 0.15) is 28.5 Å². The summed E-state index contributed by atoms with van der Waals surface area (Å²) in [6, 6.07) is 23.7. The van der Waals surface area contributed by atoms with Crippen LogP contribution in [0.3, 0.4) is 0 Å². The molecule has 0 bridgehead atoms. The molecule has 1 heterocycles. The second-order valence-electron chi connectivity index (χ2n) is 6.91. The fraction of sp³-hybridized carbons (Fsp3) is 0.125. The summed E-state index contributed by atoms with van der Waals surface area (Å²) in [7, 11) is -1.43. The second-order valence-corrected chi connectivity index (χ2v) is 7.70. The standard InChI is InChI=1S/C24H21NO3.ClHO4/c1-16-9-12-22-19(13-16)21(15-23(28-22)17-7-5-4-6-8-17)25-20-11-10-18(26-2)14-24(20)27-3;2-1(3,4)5/h4-15H,1-3H3;(H,2,3,4,5). The maximum Gasteiger partial charge on any atom is 0.148 e. The molecule has 1 N–H and O–H groups in total. The molecule has 0 fully saturated rings. The zero-order valence-corrected chi connectivity index (χ0v) is 18.9. The van der Waals surface area contributed by atoms with Gasteiger partial charge >= 0.3 is 0 Å². The second kappa shape index (κ2) is 10.5. The van der Waals surface area contributed by atoms with E-state index >= 15 is 0 Å². The van der Waals surface area contributed by atoms with Crippen molar-refractivity contribution in [3.8, 4) is 22.8 Å². The van der Waals surface area contributed by atoms with Crippen molar-refractivity contribution < 1.29 is 42.8 Å². The summed E-state index contributed by atoms with van der Waals surface area (Å²) in [5.41, 5.74) is 3.67. The van der Waals surface area contributed by atoms with Gasteiger partial charge in [0.25, 0.3) is 0 Å². The Hall–Kier alpha value is -3.40. The Labute approximate surface area is 192 Å². The smallest absolute Gasteiger partial charge is 0.148 e. The summed E-state index contributed by atoms with van der Waals surface area (Å²) in [4.78, 5) is 4.90. The third kappa shape index (κ3) is 6.79. The van der Waals surface area contributed by atoms with Gasteiger partial charge in [0, 0.05) is 23.1 Å². The van der Waals surface area contributed by atoms with Gasteiger partial charge in [-0.3, -0.25) is 0 Å². The van der Waals surface area contributed by atoms with Crippen molar-refractivity contribution in [2.24, 2.45) is 4.99 Å². The highest BCUT2D eigenvalue weighted by Gasteiger charge is 2.09. The molecule has 0 radical (unpaired) electrons. The molecule has 33 heavy (non-hydrogen) atoms. The predicted molar refractivity (Wildman–Crippen MR) is 113 cm³/mol. The lowest BCUT2D eigenvalue weighted by Gasteiger charge is -2.08. The highest BCUT2D eigenvalue weighted by molar-refractivity contribution is 5.79. The Morgan fingerprint density at radius 3 is 2.21 bits per heavy atom. The molecule has 3 aromatic carbocycles. The van der Waals surface area contributed by atoms with Crippen molar-refractivity contribution in [2.75, 3.05) is 14.2 Å². The van der Waals surface area contributed by atoms with E-state index in [-0.39, 0.29) is 0 Å². The topological polar surface area (TPSA) is 133 Å². The summed E-state index contributed by atoms with van der Waals surface area (Å²) in [5.74, 6) is 2.15. The van der Waals surface area contributed by atoms with Gasteiger partial charge in [-0.2, -0.15) is 14.0 Å². The normalized spacial score (nSPS) is 11.7. The summed E-state index contributed by atoms with van der Waals surface area (Å²) >= 11 is 0. The minimum Gasteiger partial charge on any atom is -0.497 e. The third-order valence-electron chi connectivity index (χ3n) is 4.58. The number of halogens is 1. The fourth-order valence-corrected chi connectivity index (χ4v) is 3.13. The van der Waals surface area contributed by atoms with Crippen LogP contribution in [0.1, 0.15) is 5.56 Å². The maximum atomic E-state index is 8.60. The molecular formula is C24H22ClNO7. The molecule has 0 saturated heterocycles. The quantitative estimate of drug-likeness (QED) is 0.477. The predicted octanol–water partition coefficient (Wildman–Crippen LogP) is 1.53. The van der Waals surface area contributed by atoms with Crippen LogP contribution in [0.5, 0.6) is 11.5 Å². The van der Waals surface area contributed by atoms with Crippen LogP contribution < -0.4 is 28.8 Å². The lowest BCUT2D eigenvalue weighted by atomic mass is 10.1. The zero-order chi connectivity index (χ0) is 24.0. The van der Waals surface area contributed by atoms with Crippen LogP contribution >= 0.6 is 0 Å². The molecule has 0 spiro atoms. The van der Waals surface area contributed by atoms with Crippen LogP contribution in [0, 0.1) is 17.2 Å². The SMILES string of the molecule is COc1ccc(N=c2cc(-c3ccccc3)oc3ccc(C)cc23)c(OC)c1.[O-][Cl+3]([O-])([O-])O. The van der Waals surface area contributed by atoms with Crippen molar-refractivity contribution in [2.45, 2.75) is 6.92 Å². The van der Waals surface area contributed by atoms with E-state index < -0.39 is 10.2 Å². The summed E-state index contributed by atoms with van der Waals surface area (Å²) < 4.78 is 49.7. The molecule has 0 aliphatic heterocycles. The first-order valence-electron chi connectivity index (χ1n) is 9.68. The Balaban J connectivity index is 0.000000555. The van der Waals surface area contributed by atoms with Crippen LogP contribution in [0.2, 0.25) is 0 Å². The minimum atomic E-state index is -4.69. The van der Waals surface area contributed by atoms with Gasteiger partial charge in [0.05, 0.1) is 34.5 Å². The van der Waals surface area contributed by atoms with Gasteiger partial charge < -0.3 is 13.9 Å². The van der Waals surface area contributed by atoms with Gasteiger partial charge in [0.15, 0.2) is 0 Å². The Morgan fingerprint density at radius 1 is 0.879 bits per heavy atom. The van der Waals surface area contributed by atoms with E-state index in [4.69, 9.17) is 37.5 Å². The van der Waals surface area contributed by atoms with Gasteiger partial charge in [-0.1, -0.05) is 42.0 Å². The highest BCUT2D eigenvalue weighted by atomic mass is 35.7. The Morgan fingerprint density at radius 2 is 1.58 bits per heavy atom. The molecule has 0 atom stereocenters. The van der Waals surface area contributed by atoms with Crippen molar-refractivity contribution in [3.05, 3.63) is 83.7 Å². The largest absolute Gasteiger partial charge is 0.497 e. The van der Waals surface area contributed by atoms with Crippen LogP contribution in [0.25, 0.3) is 22.3 Å². The molecule has 1 aromatic heterocycles. The number of hydrogen-bond donors (Lipinski definition) is 1. The van der Waals surface area contributed by atoms with E-state index in [0.29, 0.717) is 5.75 Å². The van der Waals surface area contributed by atoms with Gasteiger partial charge in [-0.05, 0) is 31.2 Å². The monoisotopic (exact) mass is 471 g/mol. The van der Waals surface area contributed by atoms with E-state index in [1.165, 1.54) is 0 Å². The molecule has 172 valence electrons. The molecular weight excluding hydrogens is 450 g/mol. The molecule has 0 unspecified atom stereocenters. The summed E-state index contributed by atoms with van der Waals surface area (Å²) in [6.45, 7) is 2.06. The first kappa shape index (κ1) is 24.2. The van der Waals surface area contributed by atoms with E-state index in [9.17, 15) is 0 Å². The first-order valence-corrected chi connectivity index (χ1v) is 10.9. The van der Waals surface area contributed by atoms with Crippen molar-refractivity contribution in [1.29, 1.82) is 0 Å². The summed E-state index contributed by atoms with van der Waals surface area (Å²) in [6.07, 6.45) is 0. The van der Waals surface area contributed by atoms with E-state index in [0.717, 1.165) is 44.7 Å². The lowest BCUT2D eigenvalue weighted by molar-refractivity contribution is -1.92. The van der Waals surface area contributed by atoms with Crippen LogP contribution in [-0.4, -0.2) is 18.9 Å². The molecule has 0 aliphatic rings. The maximum absolute atomic E-state index is 8.60. The molecule has 8 nitrogen and oxygen atoms in total. The van der Waals surface area contributed by atoms with Crippen molar-refractivity contribution in [1.82, 2.24) is 0 Å². The number of rotatable bonds is 4. The molecule has 0 aliphatic carbocycles. The number of aryl methyl sites for hydroxylation is 1. The van der Waals surface area contributed by atoms with E-state index in [2.05, 4.69) is 13.0 Å². The first-order chi connectivity index (χ1) is 15.7. The van der Waals surface area contributed by atoms with Gasteiger partial charge in [-0.25, -0.2) is 4.99 Å². The molecule has 4 aromatic rings. The fourth-order valence-electron chi connectivity index (χ4n) is 3.13. The van der Waals surface area contributed by atoms with E-state index in [1.807, 2.05) is 66.7 Å². The van der Waals surface area contributed by atoms with Crippen LogP contribution in [0.15, 0.2) is 82.2 Å². The van der Waals surface area contributed by atoms with Gasteiger partial charge in [-0.15, -0.1) is 0 Å². The third-order valence-corrected chi connectivity index (χ3v) is 4.58. The molecule has 4 rings (SSSR count). The lowest BCUT2D eigenvalue weighted by Crippen LogP contribution is -2.58. The van der Waals surface area contributed by atoms with Crippen LogP contribution in [-0.2, 0) is 0 Å². The Kier molecular flexibility index (Phi) is 7.70. The van der Waals surface area contributed by atoms with Crippen LogP contribution in [0.4, 0.5) is 5.69 Å². The highest BCUT2D eigenvalue weighted by Crippen LogP contribution is 2.31. The van der Waals surface area contributed by atoms with Crippen molar-refractivity contribution >= 4 is 16.7 Å². The average molecular weight is 472 g/mol. The van der Waals surface area contributed by atoms with Gasteiger partial charge in [0.2, 0.25) is 0 Å². The molecule has 9 heteroatoms. The number of ether oxygens (including phenoxy) is 2.